The molecular formula is C13H15NO2. The molecule has 1 fully saturated rings. The summed E-state index contributed by atoms with van der Waals surface area (Å²) in [6.07, 6.45) is 3.48. The molecule has 0 aliphatic carbocycles. The molecular weight excluding hydrogens is 202 g/mol. The van der Waals surface area contributed by atoms with Crippen molar-refractivity contribution in [3.63, 3.8) is 0 Å². The Morgan fingerprint density at radius 1 is 1.06 bits per heavy atom. The molecule has 1 aliphatic heterocycles. The molecule has 1 heterocycles. The molecule has 1 aliphatic rings. The van der Waals surface area contributed by atoms with Crippen LogP contribution in [0.1, 0.15) is 18.4 Å². The predicted octanol–water partition coefficient (Wildman–Crippen LogP) is 1.42. The van der Waals surface area contributed by atoms with Crippen LogP contribution in [-0.4, -0.2) is 29.6 Å². The molecule has 0 bridgehead atoms. The molecule has 2 atom stereocenters. The second kappa shape index (κ2) is 5.03. The van der Waals surface area contributed by atoms with Crippen LogP contribution in [0.4, 0.5) is 0 Å². The number of carbonyl (C=O) groups excluding carboxylic acids is 2. The van der Waals surface area contributed by atoms with Crippen molar-refractivity contribution in [1.82, 2.24) is 4.90 Å². The molecule has 1 saturated heterocycles. The zero-order chi connectivity index (χ0) is 11.4. The van der Waals surface area contributed by atoms with E-state index in [1.54, 1.807) is 0 Å². The predicted molar refractivity (Wildman–Crippen MR) is 60.9 cm³/mol. The Morgan fingerprint density at radius 3 is 2.12 bits per heavy atom. The van der Waals surface area contributed by atoms with E-state index in [-0.39, 0.29) is 12.1 Å². The van der Waals surface area contributed by atoms with Gasteiger partial charge in [-0.3, -0.25) is 4.90 Å². The monoisotopic (exact) mass is 217 g/mol. The van der Waals surface area contributed by atoms with Crippen LogP contribution >= 0.6 is 0 Å². The van der Waals surface area contributed by atoms with Crippen LogP contribution in [-0.2, 0) is 16.1 Å². The summed E-state index contributed by atoms with van der Waals surface area (Å²) in [5.41, 5.74) is 1.14. The van der Waals surface area contributed by atoms with Gasteiger partial charge < -0.3 is 9.59 Å². The lowest BCUT2D eigenvalue weighted by Crippen LogP contribution is -2.37. The van der Waals surface area contributed by atoms with E-state index in [0.717, 1.165) is 31.0 Å². The first-order valence-electron chi connectivity index (χ1n) is 5.55. The van der Waals surface area contributed by atoms with E-state index in [1.165, 1.54) is 0 Å². The summed E-state index contributed by atoms with van der Waals surface area (Å²) >= 11 is 0. The molecule has 2 unspecified atom stereocenters. The fraction of sp³-hybridized carbons (Fsp3) is 0.385. The molecule has 3 nitrogen and oxygen atoms in total. The highest BCUT2D eigenvalue weighted by Gasteiger charge is 2.32. The fourth-order valence-corrected chi connectivity index (χ4v) is 2.24. The zero-order valence-corrected chi connectivity index (χ0v) is 9.08. The molecule has 0 N–H and O–H groups in total. The van der Waals surface area contributed by atoms with E-state index in [2.05, 4.69) is 0 Å². The van der Waals surface area contributed by atoms with Crippen molar-refractivity contribution in [2.75, 3.05) is 0 Å². The molecule has 0 saturated carbocycles. The van der Waals surface area contributed by atoms with Crippen molar-refractivity contribution in [2.45, 2.75) is 31.5 Å². The lowest BCUT2D eigenvalue weighted by molar-refractivity contribution is -0.115. The fourth-order valence-electron chi connectivity index (χ4n) is 2.24. The third-order valence-corrected chi connectivity index (χ3v) is 3.13. The molecule has 0 amide bonds. The van der Waals surface area contributed by atoms with Gasteiger partial charge in [0.05, 0.1) is 12.1 Å². The summed E-state index contributed by atoms with van der Waals surface area (Å²) in [6, 6.07) is 9.73. The maximum atomic E-state index is 10.9. The quantitative estimate of drug-likeness (QED) is 0.716. The molecule has 0 radical (unpaired) electrons. The van der Waals surface area contributed by atoms with Gasteiger partial charge in [-0.1, -0.05) is 30.3 Å². The molecule has 1 aromatic carbocycles. The maximum absolute atomic E-state index is 10.9. The SMILES string of the molecule is O=CC1CCC(C=O)N1Cc1ccccc1. The number of carbonyl (C=O) groups is 2. The van der Waals surface area contributed by atoms with E-state index in [1.807, 2.05) is 35.2 Å². The van der Waals surface area contributed by atoms with Gasteiger partial charge >= 0.3 is 0 Å². The number of hydrogen-bond acceptors (Lipinski definition) is 3. The highest BCUT2D eigenvalue weighted by atomic mass is 16.1. The lowest BCUT2D eigenvalue weighted by Gasteiger charge is -2.23. The minimum Gasteiger partial charge on any atom is -0.302 e. The third kappa shape index (κ3) is 2.19. The normalized spacial score (nSPS) is 25.5. The summed E-state index contributed by atoms with van der Waals surface area (Å²) in [4.78, 5) is 23.8. The number of likely N-dealkylation sites (tertiary alicyclic amines) is 1. The van der Waals surface area contributed by atoms with Gasteiger partial charge in [-0.2, -0.15) is 0 Å². The maximum Gasteiger partial charge on any atom is 0.137 e. The van der Waals surface area contributed by atoms with Gasteiger partial charge in [0.15, 0.2) is 0 Å². The van der Waals surface area contributed by atoms with Crippen LogP contribution in [0.5, 0.6) is 0 Å². The highest BCUT2D eigenvalue weighted by molar-refractivity contribution is 5.64. The third-order valence-electron chi connectivity index (χ3n) is 3.13. The van der Waals surface area contributed by atoms with E-state index in [9.17, 15) is 9.59 Å². The number of aldehydes is 2. The van der Waals surface area contributed by atoms with E-state index < -0.39 is 0 Å². The molecule has 2 rings (SSSR count). The first kappa shape index (κ1) is 11.0. The number of rotatable bonds is 4. The molecule has 84 valence electrons. The van der Waals surface area contributed by atoms with Crippen LogP contribution in [0.2, 0.25) is 0 Å². The summed E-state index contributed by atoms with van der Waals surface area (Å²) < 4.78 is 0. The Bertz CT molecular complexity index is 347. The molecule has 3 heteroatoms. The van der Waals surface area contributed by atoms with E-state index >= 15 is 0 Å². The number of nitrogens with zero attached hydrogens (tertiary/aromatic N) is 1. The first-order valence-corrected chi connectivity index (χ1v) is 5.55. The Labute approximate surface area is 95.1 Å². The summed E-state index contributed by atoms with van der Waals surface area (Å²) in [5, 5.41) is 0. The van der Waals surface area contributed by atoms with Crippen LogP contribution < -0.4 is 0 Å². The van der Waals surface area contributed by atoms with Crippen molar-refractivity contribution in [3.05, 3.63) is 35.9 Å². The molecule has 0 spiro atoms. The van der Waals surface area contributed by atoms with Gasteiger partial charge in [0.2, 0.25) is 0 Å². The van der Waals surface area contributed by atoms with Crippen molar-refractivity contribution < 1.29 is 9.59 Å². The van der Waals surface area contributed by atoms with E-state index in [0.29, 0.717) is 6.54 Å². The van der Waals surface area contributed by atoms with Gasteiger partial charge in [0.1, 0.15) is 12.6 Å². The Kier molecular flexibility index (Phi) is 3.47. The van der Waals surface area contributed by atoms with E-state index in [4.69, 9.17) is 0 Å². The van der Waals surface area contributed by atoms with Crippen LogP contribution in [0.3, 0.4) is 0 Å². The van der Waals surface area contributed by atoms with Crippen LogP contribution in [0.25, 0.3) is 0 Å². The van der Waals surface area contributed by atoms with Crippen molar-refractivity contribution in [1.29, 1.82) is 0 Å². The largest absolute Gasteiger partial charge is 0.302 e. The van der Waals surface area contributed by atoms with Crippen molar-refractivity contribution in [3.8, 4) is 0 Å². The van der Waals surface area contributed by atoms with Gasteiger partial charge in [0, 0.05) is 6.54 Å². The average molecular weight is 217 g/mol. The van der Waals surface area contributed by atoms with Crippen LogP contribution in [0, 0.1) is 0 Å². The summed E-state index contributed by atoms with van der Waals surface area (Å²) in [5.74, 6) is 0. The Balaban J connectivity index is 2.11. The number of benzene rings is 1. The minimum absolute atomic E-state index is 0.101. The standard InChI is InChI=1S/C13H15NO2/c15-9-12-6-7-13(10-16)14(12)8-11-4-2-1-3-5-11/h1-5,9-10,12-13H,6-8H2. The summed E-state index contributed by atoms with van der Waals surface area (Å²) in [7, 11) is 0. The lowest BCUT2D eigenvalue weighted by atomic mass is 10.2. The van der Waals surface area contributed by atoms with Gasteiger partial charge in [-0.15, -0.1) is 0 Å². The highest BCUT2D eigenvalue weighted by Crippen LogP contribution is 2.23. The number of hydrogen-bond donors (Lipinski definition) is 0. The van der Waals surface area contributed by atoms with Crippen molar-refractivity contribution >= 4 is 12.6 Å². The second-order valence-electron chi connectivity index (χ2n) is 4.14. The molecule has 16 heavy (non-hydrogen) atoms. The van der Waals surface area contributed by atoms with Gasteiger partial charge in [-0.05, 0) is 18.4 Å². The smallest absolute Gasteiger partial charge is 0.137 e. The Morgan fingerprint density at radius 2 is 1.62 bits per heavy atom. The van der Waals surface area contributed by atoms with Gasteiger partial charge in [-0.25, -0.2) is 0 Å². The average Bonchev–Trinajstić information content (AvgIpc) is 2.72. The first-order chi connectivity index (χ1) is 7.85. The topological polar surface area (TPSA) is 37.4 Å². The molecule has 1 aromatic rings. The zero-order valence-electron chi connectivity index (χ0n) is 9.08. The van der Waals surface area contributed by atoms with Crippen LogP contribution in [0.15, 0.2) is 30.3 Å². The minimum atomic E-state index is -0.101. The van der Waals surface area contributed by atoms with Crippen molar-refractivity contribution in [2.24, 2.45) is 0 Å². The second-order valence-corrected chi connectivity index (χ2v) is 4.14. The van der Waals surface area contributed by atoms with Gasteiger partial charge in [0.25, 0.3) is 0 Å². The summed E-state index contributed by atoms with van der Waals surface area (Å²) in [6.45, 7) is 0.674. The molecule has 0 aromatic heterocycles. The Hall–Kier alpha value is -1.48.